The maximum Gasteiger partial charge on any atom is 0.335 e. The summed E-state index contributed by atoms with van der Waals surface area (Å²) < 4.78 is 5.99. The van der Waals surface area contributed by atoms with E-state index in [9.17, 15) is 4.79 Å². The number of benzene rings is 2. The van der Waals surface area contributed by atoms with Crippen LogP contribution in [0.1, 0.15) is 34.8 Å². The molecule has 0 amide bonds. The Morgan fingerprint density at radius 3 is 2.70 bits per heavy atom. The Balaban J connectivity index is 1.86. The molecule has 0 fully saturated rings. The zero-order chi connectivity index (χ0) is 16.7. The molecule has 0 aliphatic heterocycles. The lowest BCUT2D eigenvalue weighted by Gasteiger charge is -2.18. The molecule has 0 aliphatic carbocycles. The minimum Gasteiger partial charge on any atom is -0.489 e. The van der Waals surface area contributed by atoms with Crippen molar-refractivity contribution in [3.05, 3.63) is 65.2 Å². The van der Waals surface area contributed by atoms with Crippen LogP contribution in [0.3, 0.4) is 0 Å². The summed E-state index contributed by atoms with van der Waals surface area (Å²) in [4.78, 5) is 11.0. The lowest BCUT2D eigenvalue weighted by Crippen LogP contribution is -2.30. The highest BCUT2D eigenvalue weighted by molar-refractivity contribution is 5.87. The molecule has 1 atom stereocenters. The van der Waals surface area contributed by atoms with Gasteiger partial charge in [-0.15, -0.1) is 0 Å². The molecule has 23 heavy (non-hydrogen) atoms. The van der Waals surface area contributed by atoms with Gasteiger partial charge in [0.2, 0.25) is 0 Å². The fourth-order valence-corrected chi connectivity index (χ4v) is 2.34. The van der Waals surface area contributed by atoms with Crippen molar-refractivity contribution in [3.8, 4) is 5.75 Å². The molecular weight excluding hydrogens is 290 g/mol. The average molecular weight is 313 g/mol. The van der Waals surface area contributed by atoms with Gasteiger partial charge < -0.3 is 15.2 Å². The summed E-state index contributed by atoms with van der Waals surface area (Å²) >= 11 is 0. The number of aryl methyl sites for hydroxylation is 1. The summed E-state index contributed by atoms with van der Waals surface area (Å²) in [5.41, 5.74) is 2.44. The highest BCUT2D eigenvalue weighted by atomic mass is 16.5. The van der Waals surface area contributed by atoms with E-state index in [0.29, 0.717) is 18.7 Å². The molecule has 0 spiro atoms. The van der Waals surface area contributed by atoms with Gasteiger partial charge in [0.15, 0.2) is 0 Å². The minimum atomic E-state index is -0.902. The maximum absolute atomic E-state index is 11.0. The number of rotatable bonds is 8. The minimum absolute atomic E-state index is 0.0828. The van der Waals surface area contributed by atoms with Crippen molar-refractivity contribution >= 4 is 5.97 Å². The Bertz CT molecular complexity index is 655. The molecule has 0 radical (unpaired) electrons. The second-order valence-electron chi connectivity index (χ2n) is 5.60. The average Bonchev–Trinajstić information content (AvgIpc) is 2.54. The smallest absolute Gasteiger partial charge is 0.335 e. The first-order valence-electron chi connectivity index (χ1n) is 7.84. The van der Waals surface area contributed by atoms with Gasteiger partial charge in [0.05, 0.1) is 5.56 Å². The zero-order valence-electron chi connectivity index (χ0n) is 13.6. The van der Waals surface area contributed by atoms with Gasteiger partial charge in [-0.25, -0.2) is 4.79 Å². The Kier molecular flexibility index (Phi) is 6.18. The second-order valence-corrected chi connectivity index (χ2v) is 5.60. The summed E-state index contributed by atoms with van der Waals surface area (Å²) in [7, 11) is 0. The molecule has 2 rings (SSSR count). The van der Waals surface area contributed by atoms with Crippen LogP contribution in [0.4, 0.5) is 0 Å². The predicted octanol–water partition coefficient (Wildman–Crippen LogP) is 3.64. The summed E-state index contributed by atoms with van der Waals surface area (Å²) in [6.45, 7) is 5.46. The number of carboxylic acid groups (broad SMARTS) is 1. The van der Waals surface area contributed by atoms with Gasteiger partial charge in [0.25, 0.3) is 0 Å². The van der Waals surface area contributed by atoms with Crippen LogP contribution in [-0.4, -0.2) is 23.7 Å². The Hall–Kier alpha value is -2.33. The van der Waals surface area contributed by atoms with Crippen LogP contribution in [0.2, 0.25) is 0 Å². The molecule has 122 valence electrons. The molecule has 0 saturated carbocycles. The van der Waals surface area contributed by atoms with E-state index >= 15 is 0 Å². The van der Waals surface area contributed by atoms with Crippen LogP contribution in [0.25, 0.3) is 0 Å². The van der Waals surface area contributed by atoms with Crippen LogP contribution < -0.4 is 10.1 Å². The van der Waals surface area contributed by atoms with E-state index < -0.39 is 5.97 Å². The van der Waals surface area contributed by atoms with Gasteiger partial charge in [-0.1, -0.05) is 31.2 Å². The zero-order valence-corrected chi connectivity index (χ0v) is 13.6. The van der Waals surface area contributed by atoms with E-state index in [2.05, 4.69) is 12.2 Å². The third kappa shape index (κ3) is 5.42. The van der Waals surface area contributed by atoms with Crippen LogP contribution in [-0.2, 0) is 6.54 Å². The van der Waals surface area contributed by atoms with Gasteiger partial charge >= 0.3 is 5.97 Å². The monoisotopic (exact) mass is 313 g/mol. The molecule has 0 aromatic heterocycles. The molecular formula is C19H23NO3. The molecule has 0 bridgehead atoms. The number of aromatic carboxylic acids is 1. The standard InChI is InChI=1S/C19H23NO3/c1-3-17(23-18-9-4-6-14(2)10-18)13-20-12-15-7-5-8-16(11-15)19(21)22/h4-11,17,20H,3,12-13H2,1-2H3,(H,21,22). The predicted molar refractivity (Wildman–Crippen MR) is 91.0 cm³/mol. The molecule has 0 heterocycles. The van der Waals surface area contributed by atoms with Crippen LogP contribution >= 0.6 is 0 Å². The normalized spacial score (nSPS) is 11.9. The number of carbonyl (C=O) groups is 1. The highest BCUT2D eigenvalue weighted by Gasteiger charge is 2.08. The number of hydrogen-bond acceptors (Lipinski definition) is 3. The molecule has 2 aromatic carbocycles. The molecule has 0 aliphatic rings. The molecule has 1 unspecified atom stereocenters. The molecule has 2 aromatic rings. The van der Waals surface area contributed by atoms with Gasteiger partial charge in [0.1, 0.15) is 11.9 Å². The van der Waals surface area contributed by atoms with E-state index in [1.165, 1.54) is 5.56 Å². The van der Waals surface area contributed by atoms with Gasteiger partial charge in [-0.2, -0.15) is 0 Å². The Morgan fingerprint density at radius 1 is 1.22 bits per heavy atom. The van der Waals surface area contributed by atoms with E-state index in [1.807, 2.05) is 37.3 Å². The van der Waals surface area contributed by atoms with Crippen molar-refractivity contribution in [2.24, 2.45) is 0 Å². The third-order valence-corrected chi connectivity index (χ3v) is 3.62. The lowest BCUT2D eigenvalue weighted by atomic mass is 10.1. The van der Waals surface area contributed by atoms with Crippen LogP contribution in [0.5, 0.6) is 5.75 Å². The number of carboxylic acids is 1. The summed E-state index contributed by atoms with van der Waals surface area (Å²) in [6.07, 6.45) is 0.982. The van der Waals surface area contributed by atoms with Crippen molar-refractivity contribution in [1.82, 2.24) is 5.32 Å². The summed E-state index contributed by atoms with van der Waals surface area (Å²) in [5, 5.41) is 12.3. The summed E-state index contributed by atoms with van der Waals surface area (Å²) in [5.74, 6) is -0.0207. The fourth-order valence-electron chi connectivity index (χ4n) is 2.34. The molecule has 4 nitrogen and oxygen atoms in total. The van der Waals surface area contributed by atoms with Crippen molar-refractivity contribution in [1.29, 1.82) is 0 Å². The molecule has 4 heteroatoms. The number of hydrogen-bond donors (Lipinski definition) is 2. The number of ether oxygens (including phenoxy) is 1. The van der Waals surface area contributed by atoms with Crippen molar-refractivity contribution in [2.75, 3.05) is 6.54 Å². The first-order valence-corrected chi connectivity index (χ1v) is 7.84. The molecule has 0 saturated heterocycles. The first kappa shape index (κ1) is 17.0. The topological polar surface area (TPSA) is 58.6 Å². The highest BCUT2D eigenvalue weighted by Crippen LogP contribution is 2.15. The molecule has 2 N–H and O–H groups in total. The largest absolute Gasteiger partial charge is 0.489 e. The fraction of sp³-hybridized carbons (Fsp3) is 0.316. The number of nitrogens with one attached hydrogen (secondary N) is 1. The Labute approximate surface area is 137 Å². The Morgan fingerprint density at radius 2 is 2.00 bits per heavy atom. The van der Waals surface area contributed by atoms with Crippen molar-refractivity contribution in [3.63, 3.8) is 0 Å². The van der Waals surface area contributed by atoms with Gasteiger partial charge in [-0.05, 0) is 48.7 Å². The van der Waals surface area contributed by atoms with Gasteiger partial charge in [0, 0.05) is 13.1 Å². The quantitative estimate of drug-likeness (QED) is 0.781. The SMILES string of the molecule is CCC(CNCc1cccc(C(=O)O)c1)Oc1cccc(C)c1. The van der Waals surface area contributed by atoms with Crippen molar-refractivity contribution in [2.45, 2.75) is 32.9 Å². The van der Waals surface area contributed by atoms with Crippen molar-refractivity contribution < 1.29 is 14.6 Å². The van der Waals surface area contributed by atoms with Crippen LogP contribution in [0.15, 0.2) is 48.5 Å². The van der Waals surface area contributed by atoms with Crippen LogP contribution in [0, 0.1) is 6.92 Å². The summed E-state index contributed by atoms with van der Waals surface area (Å²) in [6, 6.07) is 15.0. The second kappa shape index (κ2) is 8.34. The van der Waals surface area contributed by atoms with E-state index in [1.54, 1.807) is 18.2 Å². The lowest BCUT2D eigenvalue weighted by molar-refractivity contribution is 0.0696. The maximum atomic E-state index is 11.0. The first-order chi connectivity index (χ1) is 11.1. The van der Waals surface area contributed by atoms with E-state index in [0.717, 1.165) is 17.7 Å². The van der Waals surface area contributed by atoms with E-state index in [4.69, 9.17) is 9.84 Å². The van der Waals surface area contributed by atoms with E-state index in [-0.39, 0.29) is 6.10 Å². The van der Waals surface area contributed by atoms with Gasteiger partial charge in [-0.3, -0.25) is 0 Å². The third-order valence-electron chi connectivity index (χ3n) is 3.62.